The Balaban J connectivity index is 1.47. The summed E-state index contributed by atoms with van der Waals surface area (Å²) in [6.07, 6.45) is 4.39. The summed E-state index contributed by atoms with van der Waals surface area (Å²) in [5, 5.41) is 0. The molecule has 7 heteroatoms. The zero-order valence-corrected chi connectivity index (χ0v) is 21.0. The number of primary amides is 2. The second-order valence-electron chi connectivity index (χ2n) is 11.5. The molecule has 4 saturated carbocycles. The van der Waals surface area contributed by atoms with E-state index < -0.39 is 16.9 Å². The van der Waals surface area contributed by atoms with Crippen LogP contribution >= 0.6 is 0 Å². The second kappa shape index (κ2) is 8.95. The lowest BCUT2D eigenvalue weighted by atomic mass is 9.47. The Bertz CT molecular complexity index is 1140. The van der Waals surface area contributed by atoms with Gasteiger partial charge in [-0.25, -0.2) is 0 Å². The lowest BCUT2D eigenvalue weighted by molar-refractivity contribution is -0.169. The van der Waals surface area contributed by atoms with Crippen LogP contribution in [-0.2, 0) is 16.1 Å². The predicted octanol–water partition coefficient (Wildman–Crippen LogP) is 3.65. The number of carbonyl (C=O) groups excluding carboxylic acids is 3. The highest BCUT2D eigenvalue weighted by Crippen LogP contribution is 2.61. The van der Waals surface area contributed by atoms with Crippen molar-refractivity contribution >= 4 is 17.7 Å². The van der Waals surface area contributed by atoms with Crippen LogP contribution in [0.2, 0.25) is 0 Å². The first-order chi connectivity index (χ1) is 17.1. The van der Waals surface area contributed by atoms with Crippen molar-refractivity contribution in [2.45, 2.75) is 64.1 Å². The lowest BCUT2D eigenvalue weighted by Gasteiger charge is -2.61. The minimum atomic E-state index is -1.09. The van der Waals surface area contributed by atoms with Gasteiger partial charge in [0.15, 0.2) is 5.60 Å². The zero-order valence-electron chi connectivity index (χ0n) is 21.0. The van der Waals surface area contributed by atoms with Gasteiger partial charge in [-0.1, -0.05) is 30.3 Å². The van der Waals surface area contributed by atoms with E-state index in [-0.39, 0.29) is 29.7 Å². The molecule has 4 bridgehead atoms. The molecule has 4 aliphatic carbocycles. The van der Waals surface area contributed by atoms with Crippen LogP contribution in [0, 0.1) is 23.2 Å². The molecule has 4 fully saturated rings. The van der Waals surface area contributed by atoms with Crippen LogP contribution in [-0.4, -0.2) is 34.3 Å². The average molecular weight is 490 g/mol. The fraction of sp³-hybridized carbons (Fsp3) is 0.483. The van der Waals surface area contributed by atoms with Gasteiger partial charge in [0.25, 0.3) is 5.91 Å². The molecule has 4 N–H and O–H groups in total. The molecule has 0 aromatic heterocycles. The van der Waals surface area contributed by atoms with Crippen molar-refractivity contribution in [1.29, 1.82) is 0 Å². The summed E-state index contributed by atoms with van der Waals surface area (Å²) in [5.41, 5.74) is 11.2. The third kappa shape index (κ3) is 4.36. The number of para-hydroxylation sites is 1. The Morgan fingerprint density at radius 3 is 2.11 bits per heavy atom. The monoisotopic (exact) mass is 489 g/mol. The molecule has 7 nitrogen and oxygen atoms in total. The Morgan fingerprint density at radius 2 is 1.56 bits per heavy atom. The van der Waals surface area contributed by atoms with Crippen LogP contribution in [0.15, 0.2) is 54.6 Å². The van der Waals surface area contributed by atoms with E-state index in [0.29, 0.717) is 23.8 Å². The number of benzene rings is 2. The van der Waals surface area contributed by atoms with Crippen molar-refractivity contribution in [3.63, 3.8) is 0 Å². The lowest BCUT2D eigenvalue weighted by Crippen LogP contribution is -2.64. The van der Waals surface area contributed by atoms with Gasteiger partial charge in [0, 0.05) is 23.6 Å². The first-order valence-corrected chi connectivity index (χ1v) is 12.8. The van der Waals surface area contributed by atoms with Gasteiger partial charge in [0.2, 0.25) is 11.8 Å². The molecule has 4 aliphatic rings. The van der Waals surface area contributed by atoms with Crippen molar-refractivity contribution in [3.05, 3.63) is 65.7 Å². The second-order valence-corrected chi connectivity index (χ2v) is 11.5. The molecule has 0 radical (unpaired) electrons. The molecular formula is C29H35N3O4. The van der Waals surface area contributed by atoms with Gasteiger partial charge in [-0.3, -0.25) is 14.4 Å². The number of amides is 3. The molecule has 0 saturated heterocycles. The minimum absolute atomic E-state index is 0.0102. The van der Waals surface area contributed by atoms with Gasteiger partial charge >= 0.3 is 0 Å². The maximum atomic E-state index is 14.2. The molecule has 2 atom stereocenters. The quantitative estimate of drug-likeness (QED) is 0.589. The number of ether oxygens (including phenoxy) is 1. The fourth-order valence-corrected chi connectivity index (χ4v) is 7.26. The van der Waals surface area contributed by atoms with Gasteiger partial charge in [0.1, 0.15) is 5.75 Å². The van der Waals surface area contributed by atoms with E-state index in [1.807, 2.05) is 61.2 Å². The van der Waals surface area contributed by atoms with E-state index in [4.69, 9.17) is 16.2 Å². The van der Waals surface area contributed by atoms with E-state index in [9.17, 15) is 14.4 Å². The minimum Gasteiger partial charge on any atom is -0.478 e. The number of hydrogen-bond donors (Lipinski definition) is 2. The highest BCUT2D eigenvalue weighted by atomic mass is 16.5. The molecular weight excluding hydrogens is 454 g/mol. The molecule has 6 rings (SSSR count). The summed E-state index contributed by atoms with van der Waals surface area (Å²) in [6.45, 7) is 4.02. The predicted molar refractivity (Wildman–Crippen MR) is 136 cm³/mol. The summed E-state index contributed by atoms with van der Waals surface area (Å²) >= 11 is 0. The normalized spacial score (nSPS) is 28.5. The maximum absolute atomic E-state index is 14.2. The Labute approximate surface area is 212 Å². The molecule has 0 heterocycles. The highest BCUT2D eigenvalue weighted by Gasteiger charge is 2.60. The number of nitrogens with two attached hydrogens (primary N) is 2. The first kappa shape index (κ1) is 24.3. The fourth-order valence-electron chi connectivity index (χ4n) is 7.26. The smallest absolute Gasteiger partial charge is 0.266 e. The molecule has 2 unspecified atom stereocenters. The third-order valence-corrected chi connectivity index (χ3v) is 8.59. The molecule has 3 amide bonds. The van der Waals surface area contributed by atoms with Crippen molar-refractivity contribution in [2.24, 2.45) is 34.6 Å². The molecule has 0 spiro atoms. The summed E-state index contributed by atoms with van der Waals surface area (Å²) < 4.78 is 6.21. The van der Waals surface area contributed by atoms with Crippen molar-refractivity contribution in [1.82, 2.24) is 4.90 Å². The molecule has 36 heavy (non-hydrogen) atoms. The molecule has 2 aromatic carbocycles. The summed E-state index contributed by atoms with van der Waals surface area (Å²) in [4.78, 5) is 40.2. The van der Waals surface area contributed by atoms with Gasteiger partial charge in [0.05, 0.1) is 0 Å². The van der Waals surface area contributed by atoms with E-state index >= 15 is 0 Å². The summed E-state index contributed by atoms with van der Waals surface area (Å²) in [7, 11) is 0. The first-order valence-electron chi connectivity index (χ1n) is 12.8. The Hall–Kier alpha value is -3.35. The number of carbonyl (C=O) groups is 3. The van der Waals surface area contributed by atoms with E-state index in [1.54, 1.807) is 12.1 Å². The van der Waals surface area contributed by atoms with Crippen LogP contribution < -0.4 is 16.2 Å². The van der Waals surface area contributed by atoms with Crippen LogP contribution in [0.5, 0.6) is 5.75 Å². The summed E-state index contributed by atoms with van der Waals surface area (Å²) in [5.74, 6) is 0.829. The largest absolute Gasteiger partial charge is 0.478 e. The molecule has 2 aromatic rings. The van der Waals surface area contributed by atoms with Gasteiger partial charge in [-0.05, 0) is 93.5 Å². The van der Waals surface area contributed by atoms with Crippen LogP contribution in [0.1, 0.15) is 61.9 Å². The molecule has 0 aliphatic heterocycles. The average Bonchev–Trinajstić information content (AvgIpc) is 2.83. The Morgan fingerprint density at radius 1 is 0.944 bits per heavy atom. The SMILES string of the molecule is CC(C)(Oc1ccccc1)C(=O)N(Cc1ccc(C(N)=O)cc1)C1C2CC3CC1CC(C(N)=O)(C3)C2. The van der Waals surface area contributed by atoms with Gasteiger partial charge in [-0.15, -0.1) is 0 Å². The van der Waals surface area contributed by atoms with Gasteiger partial charge in [-0.2, -0.15) is 0 Å². The zero-order chi connectivity index (χ0) is 25.7. The number of nitrogens with zero attached hydrogens (tertiary/aromatic N) is 1. The number of rotatable bonds is 8. The third-order valence-electron chi connectivity index (χ3n) is 8.59. The van der Waals surface area contributed by atoms with E-state index in [1.165, 1.54) is 0 Å². The maximum Gasteiger partial charge on any atom is 0.266 e. The van der Waals surface area contributed by atoms with Crippen LogP contribution in [0.3, 0.4) is 0 Å². The Kier molecular flexibility index (Phi) is 6.05. The van der Waals surface area contributed by atoms with Crippen LogP contribution in [0.25, 0.3) is 0 Å². The number of hydrogen-bond acceptors (Lipinski definition) is 4. The molecule has 190 valence electrons. The highest BCUT2D eigenvalue weighted by molar-refractivity contribution is 5.92. The standard InChI is InChI=1S/C29H35N3O4/c1-28(2,36-23-6-4-3-5-7-23)27(35)32(17-18-8-10-20(11-9-18)25(30)33)24-21-12-19-13-22(24)16-29(14-19,15-21)26(31)34/h3-11,19,21-22,24H,12-17H2,1-2H3,(H2,30,33)(H2,31,34). The van der Waals surface area contributed by atoms with Crippen molar-refractivity contribution in [2.75, 3.05) is 0 Å². The topological polar surface area (TPSA) is 116 Å². The van der Waals surface area contributed by atoms with Crippen LogP contribution in [0.4, 0.5) is 0 Å². The summed E-state index contributed by atoms with van der Waals surface area (Å²) in [6, 6.07) is 16.5. The van der Waals surface area contributed by atoms with Crippen molar-refractivity contribution in [3.8, 4) is 5.75 Å². The van der Waals surface area contributed by atoms with Gasteiger partial charge < -0.3 is 21.1 Å². The van der Waals surface area contributed by atoms with E-state index in [0.717, 1.165) is 37.7 Å². The van der Waals surface area contributed by atoms with E-state index in [2.05, 4.69) is 0 Å². The van der Waals surface area contributed by atoms with Crippen molar-refractivity contribution < 1.29 is 19.1 Å².